The van der Waals surface area contributed by atoms with Gasteiger partial charge in [-0.1, -0.05) is 30.3 Å². The molecule has 10 heteroatoms. The first-order valence-corrected chi connectivity index (χ1v) is 12.7. The van der Waals surface area contributed by atoms with Crippen LogP contribution in [0.25, 0.3) is 22.0 Å². The first-order chi connectivity index (χ1) is 16.4. The molecule has 0 saturated heterocycles. The van der Waals surface area contributed by atoms with Crippen LogP contribution in [0.5, 0.6) is 11.5 Å². The van der Waals surface area contributed by atoms with E-state index in [1.54, 1.807) is 56.0 Å². The van der Waals surface area contributed by atoms with E-state index in [1.165, 1.54) is 11.3 Å². The van der Waals surface area contributed by atoms with Gasteiger partial charge in [0, 0.05) is 23.9 Å². The van der Waals surface area contributed by atoms with Crippen molar-refractivity contribution < 1.29 is 22.7 Å². The van der Waals surface area contributed by atoms with Gasteiger partial charge < -0.3 is 14.8 Å². The molecule has 0 radical (unpaired) electrons. The molecular formula is C24H23N3O5S2. The van der Waals surface area contributed by atoms with Gasteiger partial charge in [0.25, 0.3) is 0 Å². The Hall–Kier alpha value is -3.47. The molecule has 4 rings (SSSR count). The van der Waals surface area contributed by atoms with Gasteiger partial charge in [0.2, 0.25) is 15.9 Å². The predicted octanol–water partition coefficient (Wildman–Crippen LogP) is 4.29. The van der Waals surface area contributed by atoms with E-state index in [0.717, 1.165) is 16.3 Å². The molecule has 0 spiro atoms. The number of ether oxygens (including phenoxy) is 2. The molecule has 0 aliphatic carbocycles. The minimum absolute atomic E-state index is 0.0375. The molecule has 0 aliphatic rings. The summed E-state index contributed by atoms with van der Waals surface area (Å²) in [5.74, 6) is 0.944. The van der Waals surface area contributed by atoms with Crippen LogP contribution >= 0.6 is 11.3 Å². The number of nitrogens with zero attached hydrogens (tertiary/aromatic N) is 1. The molecule has 0 bridgehead atoms. The monoisotopic (exact) mass is 497 g/mol. The van der Waals surface area contributed by atoms with E-state index in [9.17, 15) is 13.2 Å². The maximum absolute atomic E-state index is 12.6. The first-order valence-electron chi connectivity index (χ1n) is 10.4. The number of sulfonamides is 1. The van der Waals surface area contributed by atoms with E-state index in [-0.39, 0.29) is 23.8 Å². The average Bonchev–Trinajstić information content (AvgIpc) is 3.31. The van der Waals surface area contributed by atoms with Crippen molar-refractivity contribution in [3.8, 4) is 22.8 Å². The summed E-state index contributed by atoms with van der Waals surface area (Å²) < 4.78 is 38.4. The van der Waals surface area contributed by atoms with E-state index >= 15 is 0 Å². The largest absolute Gasteiger partial charge is 0.497 e. The summed E-state index contributed by atoms with van der Waals surface area (Å²) in [6.07, 6.45) is -0.0375. The van der Waals surface area contributed by atoms with Crippen LogP contribution in [0.15, 0.2) is 70.9 Å². The smallest absolute Gasteiger partial charge is 0.240 e. The number of benzene rings is 3. The van der Waals surface area contributed by atoms with E-state index < -0.39 is 10.0 Å². The summed E-state index contributed by atoms with van der Waals surface area (Å²) in [7, 11) is -0.591. The number of hydrogen-bond donors (Lipinski definition) is 2. The summed E-state index contributed by atoms with van der Waals surface area (Å²) in [6.45, 7) is -0.0388. The molecule has 0 unspecified atom stereocenters. The second kappa shape index (κ2) is 10.2. The molecule has 0 atom stereocenters. The third-order valence-electron chi connectivity index (χ3n) is 5.11. The Labute approximate surface area is 201 Å². The van der Waals surface area contributed by atoms with Crippen molar-refractivity contribution in [3.63, 3.8) is 0 Å². The van der Waals surface area contributed by atoms with Crippen molar-refractivity contribution >= 4 is 43.2 Å². The third-order valence-corrected chi connectivity index (χ3v) is 7.32. The summed E-state index contributed by atoms with van der Waals surface area (Å²) in [5.41, 5.74) is 1.37. The van der Waals surface area contributed by atoms with E-state index in [1.807, 2.05) is 24.3 Å². The number of aromatic nitrogens is 1. The highest BCUT2D eigenvalue weighted by Crippen LogP contribution is 2.35. The van der Waals surface area contributed by atoms with E-state index in [0.29, 0.717) is 22.3 Å². The quantitative estimate of drug-likeness (QED) is 0.357. The van der Waals surface area contributed by atoms with Crippen LogP contribution in [-0.4, -0.2) is 40.1 Å². The number of nitrogens with one attached hydrogen (secondary N) is 2. The molecule has 0 fully saturated rings. The normalized spacial score (nSPS) is 11.4. The Morgan fingerprint density at radius 1 is 1.00 bits per heavy atom. The number of hydrogen-bond acceptors (Lipinski definition) is 7. The van der Waals surface area contributed by atoms with Crippen LogP contribution in [0.3, 0.4) is 0 Å². The number of carbonyl (C=O) groups excluding carboxylic acids is 1. The summed E-state index contributed by atoms with van der Waals surface area (Å²) >= 11 is 1.26. The molecule has 3 aromatic carbocycles. The van der Waals surface area contributed by atoms with Crippen LogP contribution in [0.2, 0.25) is 0 Å². The first kappa shape index (κ1) is 23.7. The number of carbonyl (C=O) groups is 1. The molecule has 8 nitrogen and oxygen atoms in total. The Balaban J connectivity index is 1.36. The lowest BCUT2D eigenvalue weighted by atomic mass is 10.1. The zero-order chi connectivity index (χ0) is 24.1. The van der Waals surface area contributed by atoms with Crippen molar-refractivity contribution in [3.05, 3.63) is 66.0 Å². The SMILES string of the molecule is COc1ccc(OC)c(-c2csc(NC(=O)CCNS(=O)(=O)c3ccc4ccccc4c3)n2)c1. The Morgan fingerprint density at radius 2 is 1.79 bits per heavy atom. The van der Waals surface area contributed by atoms with Crippen LogP contribution in [0, 0.1) is 0 Å². The minimum atomic E-state index is -3.74. The Bertz CT molecular complexity index is 1430. The Kier molecular flexibility index (Phi) is 7.11. The molecule has 34 heavy (non-hydrogen) atoms. The molecule has 0 saturated carbocycles. The van der Waals surface area contributed by atoms with Crippen LogP contribution in [-0.2, 0) is 14.8 Å². The van der Waals surface area contributed by atoms with Gasteiger partial charge in [-0.15, -0.1) is 11.3 Å². The number of amides is 1. The topological polar surface area (TPSA) is 107 Å². The van der Waals surface area contributed by atoms with Crippen molar-refractivity contribution in [2.24, 2.45) is 0 Å². The minimum Gasteiger partial charge on any atom is -0.497 e. The Morgan fingerprint density at radius 3 is 2.56 bits per heavy atom. The standard InChI is InChI=1S/C24H23N3O5S2/c1-31-18-8-10-22(32-2)20(14-18)21-15-33-24(26-21)27-23(28)11-12-25-34(29,30)19-9-7-16-5-3-4-6-17(16)13-19/h3-10,13-15,25H,11-12H2,1-2H3,(H,26,27,28). The maximum atomic E-state index is 12.6. The number of rotatable bonds is 9. The molecule has 1 heterocycles. The maximum Gasteiger partial charge on any atom is 0.240 e. The van der Waals surface area contributed by atoms with Gasteiger partial charge in [-0.05, 0) is 41.1 Å². The predicted molar refractivity (Wildman–Crippen MR) is 133 cm³/mol. The molecule has 2 N–H and O–H groups in total. The van der Waals surface area contributed by atoms with Gasteiger partial charge in [-0.2, -0.15) is 0 Å². The van der Waals surface area contributed by atoms with Crippen molar-refractivity contribution in [1.29, 1.82) is 0 Å². The molecule has 176 valence electrons. The highest BCUT2D eigenvalue weighted by molar-refractivity contribution is 7.89. The summed E-state index contributed by atoms with van der Waals surface area (Å²) in [5, 5.41) is 6.70. The van der Waals surface area contributed by atoms with Gasteiger partial charge in [-0.25, -0.2) is 18.1 Å². The molecule has 0 aliphatic heterocycles. The fourth-order valence-electron chi connectivity index (χ4n) is 3.37. The van der Waals surface area contributed by atoms with Gasteiger partial charge in [-0.3, -0.25) is 4.79 Å². The van der Waals surface area contributed by atoms with Gasteiger partial charge in [0.15, 0.2) is 5.13 Å². The zero-order valence-electron chi connectivity index (χ0n) is 18.6. The molecule has 1 amide bonds. The second-order valence-corrected chi connectivity index (χ2v) is 9.93. The zero-order valence-corrected chi connectivity index (χ0v) is 20.2. The second-order valence-electron chi connectivity index (χ2n) is 7.31. The van der Waals surface area contributed by atoms with E-state index in [4.69, 9.17) is 9.47 Å². The number of fused-ring (bicyclic) bond motifs is 1. The summed E-state index contributed by atoms with van der Waals surface area (Å²) in [6, 6.07) is 17.8. The van der Waals surface area contributed by atoms with Crippen LogP contribution in [0.4, 0.5) is 5.13 Å². The molecule has 1 aromatic heterocycles. The van der Waals surface area contributed by atoms with Crippen LogP contribution < -0.4 is 19.5 Å². The van der Waals surface area contributed by atoms with E-state index in [2.05, 4.69) is 15.0 Å². The lowest BCUT2D eigenvalue weighted by Crippen LogP contribution is -2.27. The van der Waals surface area contributed by atoms with Crippen molar-refractivity contribution in [1.82, 2.24) is 9.71 Å². The van der Waals surface area contributed by atoms with Crippen LogP contribution in [0.1, 0.15) is 6.42 Å². The molecule has 4 aromatic rings. The fourth-order valence-corrected chi connectivity index (χ4v) is 5.16. The van der Waals surface area contributed by atoms with Gasteiger partial charge >= 0.3 is 0 Å². The highest BCUT2D eigenvalue weighted by atomic mass is 32.2. The number of thiazole rings is 1. The van der Waals surface area contributed by atoms with Crippen molar-refractivity contribution in [2.75, 3.05) is 26.1 Å². The number of methoxy groups -OCH3 is 2. The average molecular weight is 498 g/mol. The van der Waals surface area contributed by atoms with Gasteiger partial charge in [0.1, 0.15) is 11.5 Å². The van der Waals surface area contributed by atoms with Crippen molar-refractivity contribution in [2.45, 2.75) is 11.3 Å². The third kappa shape index (κ3) is 5.36. The lowest BCUT2D eigenvalue weighted by molar-refractivity contribution is -0.116. The lowest BCUT2D eigenvalue weighted by Gasteiger charge is -2.08. The highest BCUT2D eigenvalue weighted by Gasteiger charge is 2.16. The summed E-state index contributed by atoms with van der Waals surface area (Å²) in [4.78, 5) is 17.0. The molecular weight excluding hydrogens is 474 g/mol. The van der Waals surface area contributed by atoms with Gasteiger partial charge in [0.05, 0.1) is 24.8 Å². The number of anilines is 1. The fraction of sp³-hybridized carbons (Fsp3) is 0.167.